The zero-order chi connectivity index (χ0) is 31.9. The topological polar surface area (TPSA) is 114 Å². The van der Waals surface area contributed by atoms with E-state index in [0.717, 1.165) is 11.1 Å². The third-order valence-electron chi connectivity index (χ3n) is 6.06. The molecule has 0 aliphatic rings. The molecule has 0 aromatic heterocycles. The van der Waals surface area contributed by atoms with Gasteiger partial charge in [0.1, 0.15) is 17.2 Å². The Morgan fingerprint density at radius 3 is 1.77 bits per heavy atom. The number of unbranched alkanes of at least 4 members (excludes halogenated alkanes) is 1. The molecular formula is C35H36O9. The molecule has 0 atom stereocenters. The summed E-state index contributed by atoms with van der Waals surface area (Å²) in [6.45, 7) is 11.5. The van der Waals surface area contributed by atoms with Gasteiger partial charge < -0.3 is 23.7 Å². The van der Waals surface area contributed by atoms with E-state index in [0.29, 0.717) is 55.3 Å². The van der Waals surface area contributed by atoms with Crippen molar-refractivity contribution < 1.29 is 42.9 Å². The quantitative estimate of drug-likeness (QED) is 0.0771. The van der Waals surface area contributed by atoms with E-state index in [4.69, 9.17) is 23.7 Å². The predicted octanol–water partition coefficient (Wildman–Crippen LogP) is 6.66. The van der Waals surface area contributed by atoms with Gasteiger partial charge in [0.2, 0.25) is 0 Å². The molecule has 0 bridgehead atoms. The summed E-state index contributed by atoms with van der Waals surface area (Å²) >= 11 is 0. The number of esters is 4. The summed E-state index contributed by atoms with van der Waals surface area (Å²) in [6, 6.07) is 20.7. The Bertz CT molecular complexity index is 1450. The van der Waals surface area contributed by atoms with E-state index in [1.54, 1.807) is 31.2 Å². The van der Waals surface area contributed by atoms with Gasteiger partial charge in [-0.05, 0) is 85.8 Å². The molecule has 0 fully saturated rings. The Morgan fingerprint density at radius 1 is 0.636 bits per heavy atom. The maximum Gasteiger partial charge on any atom is 0.343 e. The second-order valence-electron chi connectivity index (χ2n) is 9.82. The number of carbonyl (C=O) groups is 4. The summed E-state index contributed by atoms with van der Waals surface area (Å²) in [6.07, 6.45) is 1.80. The SMILES string of the molecule is C=C(C)C(=O)Oc1ccc(OC(=O)c2ccc(-c3ccc(OCCCCOC(=O)C(=C)CC(=O)OCCC)cc3)cc2)cc1. The molecule has 0 aliphatic carbocycles. The van der Waals surface area contributed by atoms with Gasteiger partial charge in [0.05, 0.1) is 31.8 Å². The van der Waals surface area contributed by atoms with Crippen molar-refractivity contribution in [1.29, 1.82) is 0 Å². The van der Waals surface area contributed by atoms with Crippen molar-refractivity contribution in [3.8, 4) is 28.4 Å². The molecular weight excluding hydrogens is 564 g/mol. The highest BCUT2D eigenvalue weighted by atomic mass is 16.5. The van der Waals surface area contributed by atoms with Crippen molar-refractivity contribution in [3.05, 3.63) is 103 Å². The maximum absolute atomic E-state index is 12.6. The molecule has 3 aromatic carbocycles. The van der Waals surface area contributed by atoms with Gasteiger partial charge in [0.15, 0.2) is 0 Å². The Kier molecular flexibility index (Phi) is 12.9. The summed E-state index contributed by atoms with van der Waals surface area (Å²) < 4.78 is 26.4. The van der Waals surface area contributed by atoms with Crippen LogP contribution >= 0.6 is 0 Å². The van der Waals surface area contributed by atoms with Crippen LogP contribution in [0.15, 0.2) is 97.1 Å². The zero-order valence-electron chi connectivity index (χ0n) is 25.0. The van der Waals surface area contributed by atoms with Crippen molar-refractivity contribution >= 4 is 23.9 Å². The molecule has 9 heteroatoms. The summed E-state index contributed by atoms with van der Waals surface area (Å²) in [5.74, 6) is -0.796. The van der Waals surface area contributed by atoms with Gasteiger partial charge >= 0.3 is 23.9 Å². The molecule has 0 unspecified atom stereocenters. The summed E-state index contributed by atoms with van der Waals surface area (Å²) in [5.41, 5.74) is 2.61. The fourth-order valence-electron chi connectivity index (χ4n) is 3.65. The van der Waals surface area contributed by atoms with Crippen molar-refractivity contribution in [2.24, 2.45) is 0 Å². The number of benzene rings is 3. The van der Waals surface area contributed by atoms with E-state index in [1.807, 2.05) is 43.3 Å². The number of hydrogen-bond acceptors (Lipinski definition) is 9. The van der Waals surface area contributed by atoms with Gasteiger partial charge in [-0.15, -0.1) is 0 Å². The van der Waals surface area contributed by atoms with E-state index in [-0.39, 0.29) is 24.2 Å². The standard InChI is InChI=1S/C35H36O9/c1-5-20-41-32(36)23-25(4)34(38)42-22-7-6-21-40-29-14-12-27(13-15-29)26-8-10-28(11-9-26)35(39)44-31-18-16-30(17-19-31)43-33(37)24(2)3/h8-19H,2,4-7,20-23H2,1,3H3. The van der Waals surface area contributed by atoms with Crippen LogP contribution in [-0.2, 0) is 23.9 Å². The van der Waals surface area contributed by atoms with Crippen LogP contribution in [-0.4, -0.2) is 43.7 Å². The molecule has 0 saturated carbocycles. The molecule has 0 N–H and O–H groups in total. The second-order valence-corrected chi connectivity index (χ2v) is 9.82. The third-order valence-corrected chi connectivity index (χ3v) is 6.06. The first kappa shape index (κ1) is 33.3. The monoisotopic (exact) mass is 600 g/mol. The van der Waals surface area contributed by atoms with Crippen molar-refractivity contribution in [3.63, 3.8) is 0 Å². The van der Waals surface area contributed by atoms with E-state index >= 15 is 0 Å². The lowest BCUT2D eigenvalue weighted by Gasteiger charge is -2.09. The molecule has 0 radical (unpaired) electrons. The van der Waals surface area contributed by atoms with E-state index in [1.165, 1.54) is 12.1 Å². The number of ether oxygens (including phenoxy) is 5. The van der Waals surface area contributed by atoms with Gasteiger partial charge in [0.25, 0.3) is 0 Å². The van der Waals surface area contributed by atoms with Crippen LogP contribution in [0.2, 0.25) is 0 Å². The third kappa shape index (κ3) is 10.9. The zero-order valence-corrected chi connectivity index (χ0v) is 25.0. The molecule has 0 heterocycles. The van der Waals surface area contributed by atoms with Crippen molar-refractivity contribution in [2.75, 3.05) is 19.8 Å². The van der Waals surface area contributed by atoms with Crippen LogP contribution in [0.1, 0.15) is 49.9 Å². The first-order valence-electron chi connectivity index (χ1n) is 14.2. The minimum atomic E-state index is -0.602. The van der Waals surface area contributed by atoms with E-state index in [9.17, 15) is 19.2 Å². The Hall–Kier alpha value is -5.18. The first-order chi connectivity index (χ1) is 21.2. The highest BCUT2D eigenvalue weighted by molar-refractivity contribution is 5.93. The molecule has 44 heavy (non-hydrogen) atoms. The molecule has 230 valence electrons. The lowest BCUT2D eigenvalue weighted by atomic mass is 10.0. The summed E-state index contributed by atoms with van der Waals surface area (Å²) in [5, 5.41) is 0. The van der Waals surface area contributed by atoms with E-state index < -0.39 is 23.9 Å². The van der Waals surface area contributed by atoms with Gasteiger partial charge in [0, 0.05) is 11.1 Å². The van der Waals surface area contributed by atoms with Crippen LogP contribution in [0, 0.1) is 0 Å². The highest BCUT2D eigenvalue weighted by Gasteiger charge is 2.14. The molecule has 0 aliphatic heterocycles. The number of rotatable bonds is 16. The molecule has 0 saturated heterocycles. The molecule has 0 amide bonds. The first-order valence-corrected chi connectivity index (χ1v) is 14.2. The normalized spacial score (nSPS) is 10.3. The average molecular weight is 601 g/mol. The van der Waals surface area contributed by atoms with Crippen molar-refractivity contribution in [2.45, 2.75) is 39.5 Å². The fraction of sp³-hybridized carbons (Fsp3) is 0.257. The molecule has 0 spiro atoms. The van der Waals surface area contributed by atoms with E-state index in [2.05, 4.69) is 13.2 Å². The van der Waals surface area contributed by atoms with Gasteiger partial charge in [-0.25, -0.2) is 14.4 Å². The summed E-state index contributed by atoms with van der Waals surface area (Å²) in [4.78, 5) is 47.7. The van der Waals surface area contributed by atoms with Crippen LogP contribution in [0.4, 0.5) is 0 Å². The fourth-order valence-corrected chi connectivity index (χ4v) is 3.65. The van der Waals surface area contributed by atoms with Gasteiger partial charge in [-0.3, -0.25) is 4.79 Å². The molecule has 3 aromatic rings. The van der Waals surface area contributed by atoms with Crippen LogP contribution in [0.3, 0.4) is 0 Å². The Morgan fingerprint density at radius 2 is 1.18 bits per heavy atom. The Balaban J connectivity index is 1.38. The molecule has 9 nitrogen and oxygen atoms in total. The Labute approximate surface area is 257 Å². The highest BCUT2D eigenvalue weighted by Crippen LogP contribution is 2.24. The van der Waals surface area contributed by atoms with Crippen LogP contribution < -0.4 is 14.2 Å². The lowest BCUT2D eigenvalue weighted by molar-refractivity contribution is -0.146. The van der Waals surface area contributed by atoms with Gasteiger partial charge in [-0.1, -0.05) is 44.3 Å². The minimum Gasteiger partial charge on any atom is -0.494 e. The maximum atomic E-state index is 12.6. The van der Waals surface area contributed by atoms with Crippen LogP contribution in [0.5, 0.6) is 17.2 Å². The number of carbonyl (C=O) groups excluding carboxylic acids is 4. The largest absolute Gasteiger partial charge is 0.494 e. The lowest BCUT2D eigenvalue weighted by Crippen LogP contribution is -2.14. The minimum absolute atomic E-state index is 0.0734. The van der Waals surface area contributed by atoms with Gasteiger partial charge in [-0.2, -0.15) is 0 Å². The van der Waals surface area contributed by atoms with Crippen LogP contribution in [0.25, 0.3) is 11.1 Å². The predicted molar refractivity (Wildman–Crippen MR) is 164 cm³/mol. The average Bonchev–Trinajstić information content (AvgIpc) is 3.02. The second kappa shape index (κ2) is 17.1. The molecule has 3 rings (SSSR count). The number of hydrogen-bond donors (Lipinski definition) is 0. The van der Waals surface area contributed by atoms with Crippen molar-refractivity contribution in [1.82, 2.24) is 0 Å². The smallest absolute Gasteiger partial charge is 0.343 e. The summed E-state index contributed by atoms with van der Waals surface area (Å²) in [7, 11) is 0.